The second-order valence-corrected chi connectivity index (χ2v) is 3.78. The SMILES string of the molecule is CNCCc1[nH]c(-c2ccccn2)nc1Cl. The van der Waals surface area contributed by atoms with Gasteiger partial charge < -0.3 is 10.3 Å². The van der Waals surface area contributed by atoms with Crippen LogP contribution in [0.3, 0.4) is 0 Å². The summed E-state index contributed by atoms with van der Waals surface area (Å²) < 4.78 is 0. The fraction of sp³-hybridized carbons (Fsp3) is 0.273. The smallest absolute Gasteiger partial charge is 0.158 e. The number of imidazole rings is 1. The molecule has 4 nitrogen and oxygen atoms in total. The quantitative estimate of drug-likeness (QED) is 0.853. The van der Waals surface area contributed by atoms with E-state index in [1.807, 2.05) is 25.2 Å². The second kappa shape index (κ2) is 5.09. The summed E-state index contributed by atoms with van der Waals surface area (Å²) in [6.45, 7) is 0.865. The highest BCUT2D eigenvalue weighted by Crippen LogP contribution is 2.19. The average molecular weight is 237 g/mol. The zero-order valence-corrected chi connectivity index (χ0v) is 9.75. The number of pyridine rings is 1. The Labute approximate surface area is 99.1 Å². The topological polar surface area (TPSA) is 53.6 Å². The molecular weight excluding hydrogens is 224 g/mol. The number of aromatic nitrogens is 3. The third kappa shape index (κ3) is 2.40. The first kappa shape index (κ1) is 11.1. The number of likely N-dealkylation sites (N-methyl/N-ethyl adjacent to an activating group) is 1. The van der Waals surface area contributed by atoms with Crippen molar-refractivity contribution in [2.24, 2.45) is 0 Å². The van der Waals surface area contributed by atoms with Gasteiger partial charge in [0.15, 0.2) is 11.0 Å². The van der Waals surface area contributed by atoms with Crippen LogP contribution in [0.1, 0.15) is 5.69 Å². The molecule has 0 unspecified atom stereocenters. The van der Waals surface area contributed by atoms with Gasteiger partial charge in [-0.15, -0.1) is 0 Å². The maximum Gasteiger partial charge on any atom is 0.158 e. The lowest BCUT2D eigenvalue weighted by Gasteiger charge is -1.96. The highest BCUT2D eigenvalue weighted by atomic mass is 35.5. The lowest BCUT2D eigenvalue weighted by molar-refractivity contribution is 0.780. The van der Waals surface area contributed by atoms with Crippen molar-refractivity contribution in [3.8, 4) is 11.5 Å². The van der Waals surface area contributed by atoms with Gasteiger partial charge in [-0.1, -0.05) is 17.7 Å². The van der Waals surface area contributed by atoms with Crippen LogP contribution in [0.15, 0.2) is 24.4 Å². The summed E-state index contributed by atoms with van der Waals surface area (Å²) in [4.78, 5) is 11.7. The van der Waals surface area contributed by atoms with Crippen LogP contribution in [0.4, 0.5) is 0 Å². The van der Waals surface area contributed by atoms with Gasteiger partial charge in [0.25, 0.3) is 0 Å². The maximum absolute atomic E-state index is 6.03. The van der Waals surface area contributed by atoms with Crippen LogP contribution in [0, 0.1) is 0 Å². The average Bonchev–Trinajstić information content (AvgIpc) is 2.69. The van der Waals surface area contributed by atoms with E-state index in [0.717, 1.165) is 30.2 Å². The van der Waals surface area contributed by atoms with E-state index < -0.39 is 0 Å². The first-order chi connectivity index (χ1) is 7.81. The summed E-state index contributed by atoms with van der Waals surface area (Å²) in [5.74, 6) is 0.719. The van der Waals surface area contributed by atoms with Gasteiger partial charge in [0.1, 0.15) is 5.69 Å². The Balaban J connectivity index is 2.24. The molecule has 2 aromatic rings. The van der Waals surface area contributed by atoms with Gasteiger partial charge in [0.05, 0.1) is 5.69 Å². The van der Waals surface area contributed by atoms with E-state index in [0.29, 0.717) is 5.15 Å². The molecule has 0 radical (unpaired) electrons. The molecule has 2 N–H and O–H groups in total. The van der Waals surface area contributed by atoms with E-state index in [4.69, 9.17) is 11.6 Å². The molecule has 2 heterocycles. The highest BCUT2D eigenvalue weighted by Gasteiger charge is 2.09. The molecule has 0 aliphatic rings. The molecule has 0 amide bonds. The zero-order chi connectivity index (χ0) is 11.4. The van der Waals surface area contributed by atoms with Crippen LogP contribution < -0.4 is 5.32 Å². The molecule has 2 aromatic heterocycles. The van der Waals surface area contributed by atoms with Gasteiger partial charge in [-0.05, 0) is 19.2 Å². The van der Waals surface area contributed by atoms with E-state index >= 15 is 0 Å². The largest absolute Gasteiger partial charge is 0.339 e. The number of aromatic amines is 1. The molecule has 0 aromatic carbocycles. The molecule has 0 aliphatic heterocycles. The molecule has 0 atom stereocenters. The minimum atomic E-state index is 0.524. The van der Waals surface area contributed by atoms with Gasteiger partial charge in [-0.25, -0.2) is 4.98 Å². The summed E-state index contributed by atoms with van der Waals surface area (Å²) in [6, 6.07) is 5.69. The Hall–Kier alpha value is -1.39. The predicted octanol–water partition coefficient (Wildman–Crippen LogP) is 1.89. The Kier molecular flexibility index (Phi) is 3.54. The predicted molar refractivity (Wildman–Crippen MR) is 64.5 cm³/mol. The Bertz CT molecular complexity index is 452. The van der Waals surface area contributed by atoms with E-state index in [2.05, 4.69) is 20.3 Å². The Morgan fingerprint density at radius 1 is 1.44 bits per heavy atom. The molecule has 5 heteroatoms. The molecular formula is C11H13ClN4. The van der Waals surface area contributed by atoms with Crippen LogP contribution in [0.2, 0.25) is 5.15 Å². The molecule has 0 bridgehead atoms. The molecule has 0 aliphatic carbocycles. The van der Waals surface area contributed by atoms with Crippen LogP contribution in [-0.4, -0.2) is 28.5 Å². The van der Waals surface area contributed by atoms with Crippen molar-refractivity contribution in [3.63, 3.8) is 0 Å². The first-order valence-electron chi connectivity index (χ1n) is 5.11. The lowest BCUT2D eigenvalue weighted by atomic mass is 10.3. The molecule has 0 fully saturated rings. The maximum atomic E-state index is 6.03. The van der Waals surface area contributed by atoms with Gasteiger partial charge in [-0.3, -0.25) is 4.98 Å². The number of H-pyrrole nitrogens is 1. The minimum absolute atomic E-state index is 0.524. The summed E-state index contributed by atoms with van der Waals surface area (Å²) in [7, 11) is 1.91. The first-order valence-corrected chi connectivity index (χ1v) is 5.49. The summed E-state index contributed by atoms with van der Waals surface area (Å²) in [5, 5.41) is 3.59. The number of nitrogens with zero attached hydrogens (tertiary/aromatic N) is 2. The van der Waals surface area contributed by atoms with Crippen molar-refractivity contribution in [1.29, 1.82) is 0 Å². The molecule has 84 valence electrons. The summed E-state index contributed by atoms with van der Waals surface area (Å²) in [6.07, 6.45) is 2.56. The summed E-state index contributed by atoms with van der Waals surface area (Å²) >= 11 is 6.03. The third-order valence-electron chi connectivity index (χ3n) is 2.26. The van der Waals surface area contributed by atoms with Crippen molar-refractivity contribution in [3.05, 3.63) is 35.2 Å². The lowest BCUT2D eigenvalue weighted by Crippen LogP contribution is -2.10. The molecule has 0 saturated carbocycles. The van der Waals surface area contributed by atoms with Gasteiger partial charge >= 0.3 is 0 Å². The van der Waals surface area contributed by atoms with Gasteiger partial charge in [0, 0.05) is 19.2 Å². The molecule has 16 heavy (non-hydrogen) atoms. The fourth-order valence-corrected chi connectivity index (χ4v) is 1.65. The van der Waals surface area contributed by atoms with Crippen molar-refractivity contribution >= 4 is 11.6 Å². The number of hydrogen-bond donors (Lipinski definition) is 2. The van der Waals surface area contributed by atoms with Crippen LogP contribution >= 0.6 is 11.6 Å². The van der Waals surface area contributed by atoms with Crippen molar-refractivity contribution in [2.45, 2.75) is 6.42 Å². The van der Waals surface area contributed by atoms with E-state index in [9.17, 15) is 0 Å². The van der Waals surface area contributed by atoms with Gasteiger partial charge in [-0.2, -0.15) is 0 Å². The standard InChI is InChI=1S/C11H13ClN4/c1-13-7-5-8-10(12)16-11(15-8)9-4-2-3-6-14-9/h2-4,6,13H,5,7H2,1H3,(H,15,16). The van der Waals surface area contributed by atoms with Crippen molar-refractivity contribution < 1.29 is 0 Å². The summed E-state index contributed by atoms with van der Waals surface area (Å²) in [5.41, 5.74) is 1.75. The normalized spacial score (nSPS) is 10.6. The van der Waals surface area contributed by atoms with Crippen LogP contribution in [0.25, 0.3) is 11.5 Å². The second-order valence-electron chi connectivity index (χ2n) is 3.42. The Morgan fingerprint density at radius 3 is 3.00 bits per heavy atom. The number of rotatable bonds is 4. The van der Waals surface area contributed by atoms with Gasteiger partial charge in [0.2, 0.25) is 0 Å². The molecule has 0 saturated heterocycles. The third-order valence-corrected chi connectivity index (χ3v) is 2.57. The highest BCUT2D eigenvalue weighted by molar-refractivity contribution is 6.30. The number of nitrogens with one attached hydrogen (secondary N) is 2. The number of halogens is 1. The molecule has 2 rings (SSSR count). The van der Waals surface area contributed by atoms with E-state index in [1.165, 1.54) is 0 Å². The fourth-order valence-electron chi connectivity index (χ4n) is 1.43. The van der Waals surface area contributed by atoms with E-state index in [1.54, 1.807) is 6.20 Å². The van der Waals surface area contributed by atoms with Crippen molar-refractivity contribution in [1.82, 2.24) is 20.3 Å². The Morgan fingerprint density at radius 2 is 2.31 bits per heavy atom. The zero-order valence-electron chi connectivity index (χ0n) is 9.00. The van der Waals surface area contributed by atoms with Crippen LogP contribution in [-0.2, 0) is 6.42 Å². The van der Waals surface area contributed by atoms with Crippen molar-refractivity contribution in [2.75, 3.05) is 13.6 Å². The van der Waals surface area contributed by atoms with E-state index in [-0.39, 0.29) is 0 Å². The number of hydrogen-bond acceptors (Lipinski definition) is 3. The minimum Gasteiger partial charge on any atom is -0.339 e. The monoisotopic (exact) mass is 236 g/mol. The van der Waals surface area contributed by atoms with Crippen LogP contribution in [0.5, 0.6) is 0 Å². The molecule has 0 spiro atoms.